The van der Waals surface area contributed by atoms with E-state index < -0.39 is 0 Å². The number of anilines is 2. The molecule has 216 valence electrons. The Morgan fingerprint density at radius 3 is 1.32 bits per heavy atom. The van der Waals surface area contributed by atoms with Gasteiger partial charge in [0.25, 0.3) is 0 Å². The molecule has 0 fully saturated rings. The Balaban J connectivity index is 2.49. The fourth-order valence-corrected chi connectivity index (χ4v) is 4.82. The van der Waals surface area contributed by atoms with Crippen molar-refractivity contribution in [2.75, 3.05) is 11.5 Å². The predicted octanol–water partition coefficient (Wildman–Crippen LogP) is 7.11. The highest BCUT2D eigenvalue weighted by Crippen LogP contribution is 2.39. The van der Waals surface area contributed by atoms with Crippen LogP contribution in [0.15, 0.2) is 36.4 Å². The van der Waals surface area contributed by atoms with Crippen molar-refractivity contribution in [3.63, 3.8) is 0 Å². The molecule has 0 amide bonds. The Morgan fingerprint density at radius 1 is 0.550 bits per heavy atom. The smallest absolute Gasteiger partial charge is 0.126 e. The second kappa shape index (κ2) is 10.2. The van der Waals surface area contributed by atoms with Crippen molar-refractivity contribution in [1.82, 2.24) is 0 Å². The molecule has 3 aromatic rings. The van der Waals surface area contributed by atoms with Crippen LogP contribution in [0.2, 0.25) is 0 Å². The zero-order valence-electron chi connectivity index (χ0n) is 26.7. The largest absolute Gasteiger partial charge is 0.507 e. The Bertz CT molecular complexity index is 1550. The van der Waals surface area contributed by atoms with Crippen LogP contribution >= 0.6 is 0 Å². The van der Waals surface area contributed by atoms with Gasteiger partial charge in [-0.05, 0) is 68.4 Å². The van der Waals surface area contributed by atoms with Gasteiger partial charge in [0.05, 0.1) is 11.4 Å². The van der Waals surface area contributed by atoms with Crippen LogP contribution in [0.1, 0.15) is 116 Å². The lowest BCUT2D eigenvalue weighted by Gasteiger charge is -2.27. The minimum absolute atomic E-state index is 0.103. The topological polar surface area (TPSA) is 92.5 Å². The fraction of sp³-hybridized carbons (Fsp3) is 0.444. The number of aromatic hydroxyl groups is 2. The van der Waals surface area contributed by atoms with Crippen LogP contribution in [0.4, 0.5) is 11.4 Å². The maximum absolute atomic E-state index is 11.5. The molecule has 0 radical (unpaired) electrons. The van der Waals surface area contributed by atoms with Gasteiger partial charge in [-0.1, -0.05) is 101 Å². The fourth-order valence-electron chi connectivity index (χ4n) is 4.82. The predicted molar refractivity (Wildman–Crippen MR) is 173 cm³/mol. The van der Waals surface area contributed by atoms with Crippen LogP contribution in [0.25, 0.3) is 12.2 Å². The SMILES string of the molecule is CC(C)(C)c1cc(C=c2ccc(N)c(N)c2=Cc2cc(C(C)(C)C)cc(C(C)(C)C)c2O)c(O)c(C(C)(C)C)c1. The molecule has 0 saturated carbocycles. The average Bonchev–Trinajstić information content (AvgIpc) is 2.77. The third-order valence-electron chi connectivity index (χ3n) is 7.59. The molecule has 3 rings (SSSR count). The van der Waals surface area contributed by atoms with Gasteiger partial charge in [0.2, 0.25) is 0 Å². The first kappa shape index (κ1) is 31.1. The van der Waals surface area contributed by atoms with E-state index in [4.69, 9.17) is 11.5 Å². The molecule has 4 nitrogen and oxygen atoms in total. The molecular formula is C36H50N2O2. The number of phenols is 2. The average molecular weight is 543 g/mol. The van der Waals surface area contributed by atoms with Crippen LogP contribution in [0.3, 0.4) is 0 Å². The Hall–Kier alpha value is -3.40. The maximum Gasteiger partial charge on any atom is 0.126 e. The lowest BCUT2D eigenvalue weighted by atomic mass is 9.78. The summed E-state index contributed by atoms with van der Waals surface area (Å²) in [4.78, 5) is 0. The van der Waals surface area contributed by atoms with Gasteiger partial charge in [0, 0.05) is 27.5 Å². The molecule has 3 aromatic carbocycles. The standard InChI is InChI=1S/C36H50N2O2/c1-33(2,3)24-16-22(31(39)27(19-24)35(7,8)9)15-21-13-14-29(37)30(38)26(21)18-23-17-25(34(4,5)6)20-28(32(23)40)36(10,11)12/h13-20,39-40H,37-38H2,1-12H3. The van der Waals surface area contributed by atoms with Gasteiger partial charge in [-0.2, -0.15) is 0 Å². The summed E-state index contributed by atoms with van der Waals surface area (Å²) in [6.45, 7) is 25.7. The Morgan fingerprint density at radius 2 is 0.950 bits per heavy atom. The number of hydrogen-bond donors (Lipinski definition) is 4. The molecule has 0 aliphatic carbocycles. The second-order valence-corrected chi connectivity index (χ2v) is 15.3. The molecule has 0 heterocycles. The number of nitrogens with two attached hydrogens (primary N) is 2. The normalized spacial score (nSPS) is 14.2. The molecule has 0 saturated heterocycles. The lowest BCUT2D eigenvalue weighted by Crippen LogP contribution is -2.29. The monoisotopic (exact) mass is 542 g/mol. The van der Waals surface area contributed by atoms with E-state index >= 15 is 0 Å². The van der Waals surface area contributed by atoms with E-state index in [0.29, 0.717) is 22.2 Å². The van der Waals surface area contributed by atoms with Crippen molar-refractivity contribution < 1.29 is 10.2 Å². The van der Waals surface area contributed by atoms with Gasteiger partial charge >= 0.3 is 0 Å². The molecule has 6 N–H and O–H groups in total. The van der Waals surface area contributed by atoms with Crippen LogP contribution < -0.4 is 21.9 Å². The molecule has 0 aliphatic heterocycles. The van der Waals surface area contributed by atoms with Gasteiger partial charge in [0.1, 0.15) is 11.5 Å². The lowest BCUT2D eigenvalue weighted by molar-refractivity contribution is 0.442. The van der Waals surface area contributed by atoms with E-state index in [1.165, 1.54) is 0 Å². The first-order chi connectivity index (χ1) is 18.0. The molecule has 0 spiro atoms. The number of rotatable bonds is 2. The molecule has 40 heavy (non-hydrogen) atoms. The van der Waals surface area contributed by atoms with Crippen molar-refractivity contribution in [3.05, 3.63) is 80.2 Å². The zero-order valence-corrected chi connectivity index (χ0v) is 26.7. The molecular weight excluding hydrogens is 492 g/mol. The summed E-state index contributed by atoms with van der Waals surface area (Å²) in [5.41, 5.74) is 18.5. The van der Waals surface area contributed by atoms with Crippen LogP contribution in [0.5, 0.6) is 11.5 Å². The Kier molecular flexibility index (Phi) is 7.95. The molecule has 0 bridgehead atoms. The summed E-state index contributed by atoms with van der Waals surface area (Å²) in [6, 6.07) is 12.0. The third kappa shape index (κ3) is 6.49. The summed E-state index contributed by atoms with van der Waals surface area (Å²) in [5.74, 6) is 0.496. The van der Waals surface area contributed by atoms with E-state index in [9.17, 15) is 10.2 Å². The zero-order chi connectivity index (χ0) is 30.6. The minimum atomic E-state index is -0.257. The van der Waals surface area contributed by atoms with E-state index in [2.05, 4.69) is 101 Å². The van der Waals surface area contributed by atoms with E-state index in [1.54, 1.807) is 6.07 Å². The summed E-state index contributed by atoms with van der Waals surface area (Å²) in [6.07, 6.45) is 3.89. The van der Waals surface area contributed by atoms with Gasteiger partial charge in [-0.3, -0.25) is 0 Å². The van der Waals surface area contributed by atoms with Gasteiger partial charge < -0.3 is 21.7 Å². The Labute approximate surface area is 241 Å². The maximum atomic E-state index is 11.5. The third-order valence-corrected chi connectivity index (χ3v) is 7.59. The van der Waals surface area contributed by atoms with Gasteiger partial charge in [-0.15, -0.1) is 0 Å². The van der Waals surface area contributed by atoms with Crippen molar-refractivity contribution in [2.45, 2.75) is 105 Å². The number of phenolic OH excluding ortho intramolecular Hbond substituents is 2. The molecule has 0 aromatic heterocycles. The minimum Gasteiger partial charge on any atom is -0.507 e. The summed E-state index contributed by atoms with van der Waals surface area (Å²) >= 11 is 0. The highest BCUT2D eigenvalue weighted by molar-refractivity contribution is 5.73. The van der Waals surface area contributed by atoms with Gasteiger partial charge in [0.15, 0.2) is 0 Å². The van der Waals surface area contributed by atoms with E-state index in [0.717, 1.165) is 33.0 Å². The van der Waals surface area contributed by atoms with E-state index in [1.807, 2.05) is 24.3 Å². The first-order valence-electron chi connectivity index (χ1n) is 14.1. The van der Waals surface area contributed by atoms with Crippen molar-refractivity contribution in [2.24, 2.45) is 0 Å². The quantitative estimate of drug-likeness (QED) is 0.260. The number of nitrogen functional groups attached to an aromatic ring is 2. The van der Waals surface area contributed by atoms with Crippen LogP contribution in [-0.4, -0.2) is 10.2 Å². The second-order valence-electron chi connectivity index (χ2n) is 15.3. The van der Waals surface area contributed by atoms with Crippen LogP contribution in [-0.2, 0) is 21.7 Å². The van der Waals surface area contributed by atoms with E-state index in [-0.39, 0.29) is 33.2 Å². The number of hydrogen-bond acceptors (Lipinski definition) is 4. The van der Waals surface area contributed by atoms with Crippen molar-refractivity contribution >= 4 is 23.5 Å². The summed E-state index contributed by atoms with van der Waals surface area (Å²) in [7, 11) is 0. The molecule has 4 heteroatoms. The highest BCUT2D eigenvalue weighted by Gasteiger charge is 2.26. The van der Waals surface area contributed by atoms with Gasteiger partial charge in [-0.25, -0.2) is 0 Å². The molecule has 0 atom stereocenters. The molecule has 0 unspecified atom stereocenters. The first-order valence-corrected chi connectivity index (χ1v) is 14.1. The number of benzene rings is 3. The summed E-state index contributed by atoms with van der Waals surface area (Å²) in [5, 5.41) is 24.4. The van der Waals surface area contributed by atoms with Crippen molar-refractivity contribution in [3.8, 4) is 11.5 Å². The van der Waals surface area contributed by atoms with Crippen LogP contribution in [0, 0.1) is 0 Å². The van der Waals surface area contributed by atoms with Crippen molar-refractivity contribution in [1.29, 1.82) is 0 Å². The summed E-state index contributed by atoms with van der Waals surface area (Å²) < 4.78 is 0. The molecule has 0 aliphatic rings. The highest BCUT2D eigenvalue weighted by atomic mass is 16.3.